The number of carbonyl (C=O) groups is 1. The van der Waals surface area contributed by atoms with Crippen LogP contribution < -0.4 is 31.5 Å². The number of piperidine rings is 1. The van der Waals surface area contributed by atoms with Crippen molar-refractivity contribution in [3.63, 3.8) is 0 Å². The first-order chi connectivity index (χ1) is 31.1. The molecule has 2 saturated heterocycles. The van der Waals surface area contributed by atoms with Crippen LogP contribution in [-0.2, 0) is 40.6 Å². The summed E-state index contributed by atoms with van der Waals surface area (Å²) in [5.74, 6) is 9.74. The summed E-state index contributed by atoms with van der Waals surface area (Å²) in [5.41, 5.74) is 8.42. The zero-order chi connectivity index (χ0) is 45.1. The van der Waals surface area contributed by atoms with E-state index in [0.717, 1.165) is 78.0 Å². The molecule has 1 atom stereocenters. The third-order valence-corrected chi connectivity index (χ3v) is 13.1. The van der Waals surface area contributed by atoms with Crippen molar-refractivity contribution in [1.29, 1.82) is 5.26 Å². The number of carbonyl (C=O) groups excluding carboxylic acids is 6. The number of aromatic amines is 1. The Morgan fingerprint density at radius 1 is 0.891 bits per heavy atom. The van der Waals surface area contributed by atoms with Gasteiger partial charge in [0, 0.05) is 108 Å². The molecule has 3 aromatic carbocycles. The molecule has 0 saturated carbocycles. The fourth-order valence-corrected chi connectivity index (χ4v) is 9.76. The van der Waals surface area contributed by atoms with E-state index in [4.69, 9.17) is 0 Å². The normalized spacial score (nSPS) is 16.7. The Kier molecular flexibility index (Phi) is 12.2. The summed E-state index contributed by atoms with van der Waals surface area (Å²) >= 11 is 0. The molecule has 4 N–H and O–H groups in total. The molecule has 64 heavy (non-hydrogen) atoms. The topological polar surface area (TPSA) is 189 Å². The Morgan fingerprint density at radius 2 is 1.67 bits per heavy atom. The molecule has 0 bridgehead atoms. The highest BCUT2D eigenvalue weighted by molar-refractivity contribution is 6.10. The number of rotatable bonds is 12. The maximum absolute atomic E-state index is 12.9. The Bertz CT molecular complexity index is 3100. The number of aryl methyl sites for hydroxylation is 1. The van der Waals surface area contributed by atoms with Gasteiger partial charge in [0.1, 0.15) is 39.9 Å². The van der Waals surface area contributed by atoms with Crippen LogP contribution in [0.4, 0.5) is 11.4 Å². The van der Waals surface area contributed by atoms with Crippen LogP contribution >= 0.6 is 0 Å². The van der Waals surface area contributed by atoms with Crippen molar-refractivity contribution in [1.82, 2.24) is 25.1 Å². The summed E-state index contributed by atoms with van der Waals surface area (Å²) in [4.78, 5) is 81.5. The molecule has 14 heteroatoms. The number of hydrogen-bond acceptors (Lipinski definition) is 11. The Hall–Kier alpha value is -7.43. The maximum Gasteiger partial charge on any atom is 0.221 e. The van der Waals surface area contributed by atoms with Crippen LogP contribution in [0.5, 0.6) is 0 Å². The lowest BCUT2D eigenvalue weighted by molar-refractivity contribution is -0.121. The Labute approximate surface area is 369 Å². The van der Waals surface area contributed by atoms with Crippen LogP contribution in [0, 0.1) is 11.3 Å². The molecular formula is C50H48N8O6. The molecule has 0 radical (unpaired) electrons. The van der Waals surface area contributed by atoms with E-state index < -0.39 is 11.5 Å². The predicted octanol–water partition coefficient (Wildman–Crippen LogP) is 3.34. The Balaban J connectivity index is 0.836. The van der Waals surface area contributed by atoms with Crippen molar-refractivity contribution in [2.24, 2.45) is 0 Å². The average Bonchev–Trinajstić information content (AvgIpc) is 3.88. The van der Waals surface area contributed by atoms with E-state index in [0.29, 0.717) is 60.1 Å². The van der Waals surface area contributed by atoms with Crippen molar-refractivity contribution in [3.05, 3.63) is 104 Å². The predicted molar refractivity (Wildman–Crippen MR) is 244 cm³/mol. The van der Waals surface area contributed by atoms with Crippen molar-refractivity contribution in [2.75, 3.05) is 56.0 Å². The number of aromatic nitrogens is 2. The van der Waals surface area contributed by atoms with Crippen molar-refractivity contribution < 1.29 is 28.8 Å². The number of nitrogens with zero attached hydrogens (tertiary/aromatic N) is 4. The molecule has 14 nitrogen and oxygen atoms in total. The lowest BCUT2D eigenvalue weighted by Crippen LogP contribution is -2.47. The molecule has 0 spiro atoms. The molecule has 5 aromatic rings. The monoisotopic (exact) mass is 856 g/mol. The van der Waals surface area contributed by atoms with Crippen molar-refractivity contribution in [2.45, 2.75) is 70.8 Å². The third kappa shape index (κ3) is 7.70. The quantitative estimate of drug-likeness (QED) is 0.106. The smallest absolute Gasteiger partial charge is 0.221 e. The molecular weight excluding hydrogens is 809 g/mol. The summed E-state index contributed by atoms with van der Waals surface area (Å²) in [6.45, 7) is 11.4. The van der Waals surface area contributed by atoms with Crippen LogP contribution in [0.25, 0.3) is 27.2 Å². The number of piperazine rings is 1. The van der Waals surface area contributed by atoms with Gasteiger partial charge in [0.25, 0.3) is 0 Å². The van der Waals surface area contributed by atoms with Gasteiger partial charge in [0.05, 0.1) is 23.2 Å². The van der Waals surface area contributed by atoms with Crippen LogP contribution in [0.3, 0.4) is 0 Å². The third-order valence-electron chi connectivity index (χ3n) is 13.1. The Morgan fingerprint density at radius 3 is 2.38 bits per heavy atom. The number of nitriles is 1. The SMILES string of the molecule is CCc1cc2c(cc1N1CCN(CCC(=O)NCCCCNc3cccc4c(=C=O)n(C5CCC(=C=O)NC5=C=O)c(=C=O)c34)CC1)C(C)(C)c1[nH]c3cc(C#N)ccc3c1C2=C=O. The van der Waals surface area contributed by atoms with Gasteiger partial charge >= 0.3 is 0 Å². The van der Waals surface area contributed by atoms with Gasteiger partial charge in [-0.05, 0) is 72.7 Å². The molecule has 1 aliphatic carbocycles. The number of fused-ring (bicyclic) bond motifs is 5. The van der Waals surface area contributed by atoms with Gasteiger partial charge in [-0.3, -0.25) is 9.69 Å². The number of nitrogens with one attached hydrogen (secondary N) is 4. The van der Waals surface area contributed by atoms with E-state index in [1.165, 1.54) is 10.1 Å². The van der Waals surface area contributed by atoms with Crippen LogP contribution in [0.2, 0.25) is 0 Å². The molecule has 324 valence electrons. The van der Waals surface area contributed by atoms with Crippen molar-refractivity contribution in [3.8, 4) is 6.07 Å². The van der Waals surface area contributed by atoms with Gasteiger partial charge in [-0.25, -0.2) is 24.0 Å². The van der Waals surface area contributed by atoms with Gasteiger partial charge in [0.2, 0.25) is 5.91 Å². The minimum absolute atomic E-state index is 0.00795. The van der Waals surface area contributed by atoms with Crippen LogP contribution in [0.1, 0.15) is 92.4 Å². The summed E-state index contributed by atoms with van der Waals surface area (Å²) in [7, 11) is 0. The zero-order valence-corrected chi connectivity index (χ0v) is 36.1. The molecule has 2 fully saturated rings. The first kappa shape index (κ1) is 43.2. The van der Waals surface area contributed by atoms with E-state index in [1.54, 1.807) is 36.1 Å². The fraction of sp³-hybridized carbons (Fsp3) is 0.360. The largest absolute Gasteiger partial charge is 0.384 e. The van der Waals surface area contributed by atoms with Gasteiger partial charge < -0.3 is 30.4 Å². The molecule has 1 amide bonds. The second-order valence-corrected chi connectivity index (χ2v) is 17.1. The second-order valence-electron chi connectivity index (χ2n) is 17.1. The van der Waals surface area contributed by atoms with E-state index in [-0.39, 0.29) is 40.8 Å². The summed E-state index contributed by atoms with van der Waals surface area (Å²) < 4.78 is 1.44. The summed E-state index contributed by atoms with van der Waals surface area (Å²) in [5, 5.41) is 20.7. The average molecular weight is 857 g/mol. The van der Waals surface area contributed by atoms with Gasteiger partial charge in [-0.1, -0.05) is 39.0 Å². The van der Waals surface area contributed by atoms with E-state index in [2.05, 4.69) is 75.6 Å². The minimum atomic E-state index is -0.741. The van der Waals surface area contributed by atoms with Crippen LogP contribution in [-0.4, -0.2) is 95.9 Å². The number of amides is 1. The number of H-pyrrole nitrogens is 1. The second kappa shape index (κ2) is 18.1. The summed E-state index contributed by atoms with van der Waals surface area (Å²) in [6.07, 6.45) is 3.17. The highest BCUT2D eigenvalue weighted by Crippen LogP contribution is 2.49. The fourth-order valence-electron chi connectivity index (χ4n) is 9.76. The molecule has 3 aliphatic rings. The lowest BCUT2D eigenvalue weighted by Gasteiger charge is -2.39. The van der Waals surface area contributed by atoms with Gasteiger partial charge in [-0.15, -0.1) is 0 Å². The van der Waals surface area contributed by atoms with E-state index in [9.17, 15) is 34.0 Å². The van der Waals surface area contributed by atoms with E-state index in [1.807, 2.05) is 24.0 Å². The first-order valence-electron chi connectivity index (χ1n) is 21.8. The molecule has 2 aliphatic heterocycles. The molecule has 2 aromatic heterocycles. The number of benzene rings is 3. The lowest BCUT2D eigenvalue weighted by atomic mass is 9.69. The first-order valence-corrected chi connectivity index (χ1v) is 21.8. The van der Waals surface area contributed by atoms with Gasteiger partial charge in [-0.2, -0.15) is 5.26 Å². The number of allylic oxidation sites excluding steroid dienone is 2. The van der Waals surface area contributed by atoms with E-state index >= 15 is 0 Å². The van der Waals surface area contributed by atoms with Crippen LogP contribution in [0.15, 0.2) is 59.9 Å². The number of unbranched alkanes of at least 4 members (excludes halogenated alkanes) is 1. The highest BCUT2D eigenvalue weighted by atomic mass is 16.1. The number of anilines is 2. The molecule has 4 heterocycles. The summed E-state index contributed by atoms with van der Waals surface area (Å²) in [6, 6.07) is 16.7. The maximum atomic E-state index is 12.9. The standard InChI is InChI=1S/C50H48N8O6/c1-4-32-23-36-37(27-60)47-34-12-10-31(25-51)22-40(34)55-49(47)50(2,3)38(36)24-43(32)57-20-18-56(19-21-57)17-14-46(64)53-16-6-5-15-52-39-9-7-8-35-44(29-62)58(45(30-63)48(35)39)42-13-11-33(26-59)54-41(42)28-61/h7-10,12,22-24,42,52,54-55H,4-6,11,13-21H2,1-3H3,(H,53,64). The zero-order valence-electron chi connectivity index (χ0n) is 36.1. The number of hydrogen-bond donors (Lipinski definition) is 4. The minimum Gasteiger partial charge on any atom is -0.384 e. The molecule has 1 unspecified atom stereocenters. The van der Waals surface area contributed by atoms with Gasteiger partial charge in [0.15, 0.2) is 11.9 Å². The molecule has 8 rings (SSSR count). The highest BCUT2D eigenvalue weighted by Gasteiger charge is 2.39. The van der Waals surface area contributed by atoms with Crippen molar-refractivity contribution >= 4 is 74.2 Å².